The van der Waals surface area contributed by atoms with Gasteiger partial charge in [0, 0.05) is 29.0 Å². The van der Waals surface area contributed by atoms with E-state index in [0.29, 0.717) is 4.90 Å². The zero-order chi connectivity index (χ0) is 14.8. The van der Waals surface area contributed by atoms with E-state index in [1.165, 1.54) is 17.4 Å². The average molecular weight is 318 g/mol. The quantitative estimate of drug-likeness (QED) is 0.672. The highest BCUT2D eigenvalue weighted by atomic mass is 32.2. The van der Waals surface area contributed by atoms with E-state index < -0.39 is 10.0 Å². The molecule has 0 bridgehead atoms. The first-order valence-corrected chi connectivity index (χ1v) is 8.68. The van der Waals surface area contributed by atoms with Gasteiger partial charge >= 0.3 is 0 Å². The van der Waals surface area contributed by atoms with E-state index in [-0.39, 0.29) is 17.7 Å². The van der Waals surface area contributed by atoms with Gasteiger partial charge in [0.05, 0.1) is 0 Å². The molecule has 1 atom stereocenters. The maximum Gasteiger partial charge on any atom is 0.271 e. The van der Waals surface area contributed by atoms with Gasteiger partial charge in [-0.3, -0.25) is 0 Å². The molecule has 8 heteroatoms. The molecule has 0 fully saturated rings. The minimum absolute atomic E-state index is 0.152. The maximum absolute atomic E-state index is 11.2. The number of nitrogens with one attached hydrogen (secondary N) is 1. The number of hydrogen-bond acceptors (Lipinski definition) is 6. The summed E-state index contributed by atoms with van der Waals surface area (Å²) in [6, 6.07) is 3.50. The monoisotopic (exact) mass is 318 g/mol. The normalized spacial score (nSPS) is 13.9. The van der Waals surface area contributed by atoms with Crippen LogP contribution in [0.5, 0.6) is 0 Å². The molecular formula is C12H18N2O4S2. The van der Waals surface area contributed by atoms with E-state index in [9.17, 15) is 8.42 Å². The van der Waals surface area contributed by atoms with E-state index >= 15 is 0 Å². The molecule has 20 heavy (non-hydrogen) atoms. The van der Waals surface area contributed by atoms with Crippen molar-refractivity contribution in [2.24, 2.45) is 5.14 Å². The van der Waals surface area contributed by atoms with E-state index in [2.05, 4.69) is 5.32 Å². The number of primary sulfonamides is 1. The van der Waals surface area contributed by atoms with Crippen molar-refractivity contribution in [1.29, 1.82) is 0 Å². The maximum atomic E-state index is 11.2. The second kappa shape index (κ2) is 6.23. The Morgan fingerprint density at radius 2 is 2.20 bits per heavy atom. The van der Waals surface area contributed by atoms with Crippen LogP contribution in [0, 0.1) is 0 Å². The van der Waals surface area contributed by atoms with Gasteiger partial charge in [0.2, 0.25) is 5.09 Å². The van der Waals surface area contributed by atoms with Crippen molar-refractivity contribution in [1.82, 2.24) is 5.32 Å². The van der Waals surface area contributed by atoms with Gasteiger partial charge in [0.25, 0.3) is 10.0 Å². The van der Waals surface area contributed by atoms with Crippen molar-refractivity contribution < 1.29 is 17.9 Å². The number of thiophene rings is 1. The van der Waals surface area contributed by atoms with Gasteiger partial charge in [0.15, 0.2) is 4.90 Å². The Hall–Kier alpha value is -0.930. The second-order valence-electron chi connectivity index (χ2n) is 4.61. The molecule has 2 rings (SSSR count). The molecule has 1 unspecified atom stereocenters. The average Bonchev–Trinajstić information content (AvgIpc) is 2.91. The number of rotatable bonds is 7. The van der Waals surface area contributed by atoms with Gasteiger partial charge in [-0.2, -0.15) is 0 Å². The molecule has 0 amide bonds. The topological polar surface area (TPSA) is 106 Å². The summed E-state index contributed by atoms with van der Waals surface area (Å²) in [6.45, 7) is 3.06. The first kappa shape index (κ1) is 15.5. The van der Waals surface area contributed by atoms with Crippen LogP contribution in [0.1, 0.15) is 30.7 Å². The van der Waals surface area contributed by atoms with Crippen LogP contribution in [0.15, 0.2) is 21.6 Å². The Morgan fingerprint density at radius 3 is 2.80 bits per heavy atom. The summed E-state index contributed by atoms with van der Waals surface area (Å²) < 4.78 is 27.6. The lowest BCUT2D eigenvalue weighted by Gasteiger charge is -2.11. The largest absolute Gasteiger partial charge is 0.433 e. The highest BCUT2D eigenvalue weighted by molar-refractivity contribution is 7.89. The van der Waals surface area contributed by atoms with Crippen LogP contribution in [0.4, 0.5) is 0 Å². The van der Waals surface area contributed by atoms with Gasteiger partial charge in [0.1, 0.15) is 0 Å². The van der Waals surface area contributed by atoms with Crippen molar-refractivity contribution in [3.63, 3.8) is 0 Å². The van der Waals surface area contributed by atoms with E-state index in [1.807, 2.05) is 13.0 Å². The number of sulfonamides is 1. The molecule has 112 valence electrons. The zero-order valence-corrected chi connectivity index (χ0v) is 12.8. The Balaban J connectivity index is 2.07. The van der Waals surface area contributed by atoms with Gasteiger partial charge in [-0.1, -0.05) is 0 Å². The van der Waals surface area contributed by atoms with Crippen molar-refractivity contribution >= 4 is 31.6 Å². The number of aliphatic hydroxyl groups is 1. The van der Waals surface area contributed by atoms with Crippen LogP contribution in [0.3, 0.4) is 0 Å². The number of hydrogen-bond donors (Lipinski definition) is 3. The highest BCUT2D eigenvalue weighted by Crippen LogP contribution is 2.33. The van der Waals surface area contributed by atoms with Crippen LogP contribution >= 0.6 is 11.3 Å². The fraction of sp³-hybridized carbons (Fsp3) is 0.500. The van der Waals surface area contributed by atoms with Crippen molar-refractivity contribution in [3.8, 4) is 0 Å². The summed E-state index contributed by atoms with van der Waals surface area (Å²) in [6.07, 6.45) is 1.70. The smallest absolute Gasteiger partial charge is 0.271 e. The van der Waals surface area contributed by atoms with Crippen LogP contribution < -0.4 is 10.5 Å². The Bertz CT molecular complexity index is 643. The lowest BCUT2D eigenvalue weighted by Crippen LogP contribution is -2.19. The van der Waals surface area contributed by atoms with Gasteiger partial charge in [-0.05, 0) is 32.4 Å². The molecule has 2 heterocycles. The zero-order valence-electron chi connectivity index (χ0n) is 11.1. The molecular weight excluding hydrogens is 300 g/mol. The van der Waals surface area contributed by atoms with Crippen LogP contribution in [0.25, 0.3) is 10.3 Å². The van der Waals surface area contributed by atoms with Crippen LogP contribution in [-0.4, -0.2) is 26.7 Å². The third-order valence-corrected chi connectivity index (χ3v) is 4.93. The first-order valence-electron chi connectivity index (χ1n) is 6.32. The number of furan rings is 1. The molecule has 2 aromatic rings. The molecule has 0 aliphatic carbocycles. The van der Waals surface area contributed by atoms with Gasteiger partial charge in [-0.25, -0.2) is 13.6 Å². The minimum atomic E-state index is -3.79. The molecule has 2 aromatic heterocycles. The lowest BCUT2D eigenvalue weighted by molar-refractivity contribution is 0.283. The SMILES string of the molecule is CC(NCCCCO)c1cc2cc(S(N)(=O)=O)oc2s1. The molecule has 0 aliphatic heterocycles. The van der Waals surface area contributed by atoms with Gasteiger partial charge in [-0.15, -0.1) is 11.3 Å². The van der Waals surface area contributed by atoms with Crippen molar-refractivity contribution in [2.75, 3.05) is 13.2 Å². The first-order chi connectivity index (χ1) is 9.41. The van der Waals surface area contributed by atoms with E-state index in [0.717, 1.165) is 29.6 Å². The van der Waals surface area contributed by atoms with Crippen molar-refractivity contribution in [3.05, 3.63) is 17.0 Å². The van der Waals surface area contributed by atoms with Gasteiger partial charge < -0.3 is 14.8 Å². The Morgan fingerprint density at radius 1 is 1.45 bits per heavy atom. The third-order valence-electron chi connectivity index (χ3n) is 2.95. The molecule has 4 N–H and O–H groups in total. The van der Waals surface area contributed by atoms with E-state index in [1.54, 1.807) is 0 Å². The second-order valence-corrected chi connectivity index (χ2v) is 7.15. The summed E-state index contributed by atoms with van der Waals surface area (Å²) in [4.78, 5) is 1.64. The van der Waals surface area contributed by atoms with Crippen LogP contribution in [0.2, 0.25) is 0 Å². The Kier molecular flexibility index (Phi) is 4.82. The molecule has 0 spiro atoms. The summed E-state index contributed by atoms with van der Waals surface area (Å²) >= 11 is 1.41. The fourth-order valence-electron chi connectivity index (χ4n) is 1.85. The number of aliphatic hydroxyl groups excluding tert-OH is 1. The minimum Gasteiger partial charge on any atom is -0.433 e. The highest BCUT2D eigenvalue weighted by Gasteiger charge is 2.18. The molecule has 0 aliphatic rings. The van der Waals surface area contributed by atoms with E-state index in [4.69, 9.17) is 14.7 Å². The predicted molar refractivity (Wildman–Crippen MR) is 78.2 cm³/mol. The summed E-state index contributed by atoms with van der Waals surface area (Å²) in [5, 5.41) is 17.6. The van der Waals surface area contributed by atoms with Crippen LogP contribution in [-0.2, 0) is 10.0 Å². The molecule has 0 aromatic carbocycles. The molecule has 6 nitrogen and oxygen atoms in total. The predicted octanol–water partition coefficient (Wildman–Crippen LogP) is 1.56. The summed E-state index contributed by atoms with van der Waals surface area (Å²) in [7, 11) is -3.79. The summed E-state index contributed by atoms with van der Waals surface area (Å²) in [5.74, 6) is 0. The Labute approximate surface area is 121 Å². The molecule has 0 saturated carbocycles. The third kappa shape index (κ3) is 3.58. The summed E-state index contributed by atoms with van der Waals surface area (Å²) in [5.41, 5.74) is 0. The fourth-order valence-corrected chi connectivity index (χ4v) is 3.42. The van der Waals surface area contributed by atoms with Crippen molar-refractivity contribution in [2.45, 2.75) is 30.9 Å². The number of fused-ring (bicyclic) bond motifs is 1. The standard InChI is InChI=1S/C12H18N2O4S2/c1-8(14-4-2-3-5-15)10-6-9-7-11(20(13,16)17)18-12(9)19-10/h6-8,14-15H,2-5H2,1H3,(H2,13,16,17). The lowest BCUT2D eigenvalue weighted by atomic mass is 10.2. The molecule has 0 saturated heterocycles. The molecule has 0 radical (unpaired) electrons. The number of unbranched alkanes of at least 4 members (excludes halogenated alkanes) is 1. The number of nitrogens with two attached hydrogens (primary N) is 1.